The van der Waals surface area contributed by atoms with E-state index in [4.69, 9.17) is 9.94 Å². The van der Waals surface area contributed by atoms with Crippen molar-refractivity contribution in [3.8, 4) is 11.3 Å². The molecule has 1 aliphatic carbocycles. The van der Waals surface area contributed by atoms with Crippen LogP contribution in [0.1, 0.15) is 28.9 Å². The molecule has 0 unspecified atom stereocenters. The Morgan fingerprint density at radius 1 is 1.52 bits per heavy atom. The van der Waals surface area contributed by atoms with Gasteiger partial charge in [-0.3, -0.25) is 4.84 Å². The van der Waals surface area contributed by atoms with E-state index in [0.29, 0.717) is 17.7 Å². The Labute approximate surface area is 121 Å². The van der Waals surface area contributed by atoms with Crippen molar-refractivity contribution in [1.82, 2.24) is 15.0 Å². The van der Waals surface area contributed by atoms with Gasteiger partial charge in [0.15, 0.2) is 0 Å². The van der Waals surface area contributed by atoms with Crippen LogP contribution in [0.5, 0.6) is 0 Å². The van der Waals surface area contributed by atoms with Gasteiger partial charge in [-0.05, 0) is 31.4 Å². The first-order valence-corrected chi connectivity index (χ1v) is 6.69. The molecule has 1 fully saturated rings. The van der Waals surface area contributed by atoms with Crippen LogP contribution in [0.4, 0.5) is 5.95 Å². The van der Waals surface area contributed by atoms with E-state index in [1.54, 1.807) is 30.6 Å². The van der Waals surface area contributed by atoms with Gasteiger partial charge < -0.3 is 10.1 Å². The van der Waals surface area contributed by atoms with Gasteiger partial charge in [0.05, 0.1) is 18.8 Å². The zero-order valence-corrected chi connectivity index (χ0v) is 11.8. The van der Waals surface area contributed by atoms with Crippen molar-refractivity contribution in [1.29, 1.82) is 0 Å². The van der Waals surface area contributed by atoms with Crippen molar-refractivity contribution in [2.75, 3.05) is 12.2 Å². The summed E-state index contributed by atoms with van der Waals surface area (Å²) in [6, 6.07) is 1.89. The molecule has 3 rings (SSSR count). The van der Waals surface area contributed by atoms with E-state index in [1.807, 2.05) is 6.92 Å². The number of nitrogens with zero attached hydrogens (tertiary/aromatic N) is 3. The van der Waals surface area contributed by atoms with Gasteiger partial charge in [0, 0.05) is 18.0 Å². The van der Waals surface area contributed by atoms with Crippen LogP contribution >= 0.6 is 0 Å². The molecule has 1 saturated carbocycles. The fraction of sp³-hybridized carbons (Fsp3) is 0.357. The molecule has 0 spiro atoms. The average Bonchev–Trinajstić information content (AvgIpc) is 3.16. The number of hydrogen-bond donors (Lipinski definition) is 2. The van der Waals surface area contributed by atoms with Crippen molar-refractivity contribution < 1.29 is 14.7 Å². The lowest BCUT2D eigenvalue weighted by Crippen LogP contribution is -2.26. The van der Waals surface area contributed by atoms with Crippen molar-refractivity contribution in [2.24, 2.45) is 0 Å². The van der Waals surface area contributed by atoms with Crippen LogP contribution in [-0.2, 0) is 4.84 Å². The molecule has 2 aromatic rings. The van der Waals surface area contributed by atoms with Crippen LogP contribution in [0.3, 0.4) is 0 Å². The second-order valence-electron chi connectivity index (χ2n) is 5.05. The molecule has 110 valence electrons. The Morgan fingerprint density at radius 3 is 2.86 bits per heavy atom. The molecule has 2 aromatic heterocycles. The normalized spacial score (nSPS) is 14.2. The van der Waals surface area contributed by atoms with Crippen LogP contribution in [0.2, 0.25) is 0 Å². The zero-order valence-electron chi connectivity index (χ0n) is 11.8. The molecule has 0 saturated heterocycles. The summed E-state index contributed by atoms with van der Waals surface area (Å²) in [5.41, 5.74) is 2.43. The number of hydroxylamine groups is 1. The number of nitrogens with one attached hydrogen (secondary N) is 1. The van der Waals surface area contributed by atoms with Crippen LogP contribution in [0, 0.1) is 6.92 Å². The number of carboxylic acids is 1. The van der Waals surface area contributed by atoms with E-state index in [-0.39, 0.29) is 5.69 Å². The quantitative estimate of drug-likeness (QED) is 0.818. The topological polar surface area (TPSA) is 91.3 Å². The van der Waals surface area contributed by atoms with Crippen LogP contribution in [0.15, 0.2) is 18.5 Å². The third kappa shape index (κ3) is 2.59. The lowest BCUT2D eigenvalue weighted by molar-refractivity contribution is 0.0691. The van der Waals surface area contributed by atoms with E-state index in [0.717, 1.165) is 24.0 Å². The van der Waals surface area contributed by atoms with Gasteiger partial charge in [-0.2, -0.15) is 0 Å². The lowest BCUT2D eigenvalue weighted by Gasteiger charge is -2.19. The highest BCUT2D eigenvalue weighted by Crippen LogP contribution is 2.31. The molecule has 0 atom stereocenters. The van der Waals surface area contributed by atoms with E-state index < -0.39 is 5.97 Å². The van der Waals surface area contributed by atoms with E-state index >= 15 is 0 Å². The summed E-state index contributed by atoms with van der Waals surface area (Å²) in [6.45, 7) is 1.89. The molecule has 7 nitrogen and oxygen atoms in total. The minimum Gasteiger partial charge on any atom is -0.477 e. The molecule has 21 heavy (non-hydrogen) atoms. The average molecular weight is 288 g/mol. The molecule has 0 amide bonds. The van der Waals surface area contributed by atoms with Crippen LogP contribution in [-0.4, -0.2) is 39.2 Å². The molecule has 0 aliphatic heterocycles. The first-order valence-electron chi connectivity index (χ1n) is 6.69. The van der Waals surface area contributed by atoms with Crippen molar-refractivity contribution in [2.45, 2.75) is 25.8 Å². The number of carbonyl (C=O) groups is 1. The zero-order chi connectivity index (χ0) is 15.0. The smallest absolute Gasteiger partial charge is 0.352 e. The Bertz CT molecular complexity index is 679. The number of aromatic amines is 1. The van der Waals surface area contributed by atoms with Gasteiger partial charge in [-0.15, -0.1) is 0 Å². The van der Waals surface area contributed by atoms with Gasteiger partial charge in [-0.1, -0.05) is 0 Å². The molecule has 0 aromatic carbocycles. The van der Waals surface area contributed by atoms with Crippen molar-refractivity contribution >= 4 is 11.9 Å². The maximum absolute atomic E-state index is 11.0. The number of hydrogen-bond acceptors (Lipinski definition) is 5. The van der Waals surface area contributed by atoms with Crippen molar-refractivity contribution in [3.63, 3.8) is 0 Å². The fourth-order valence-electron chi connectivity index (χ4n) is 2.19. The van der Waals surface area contributed by atoms with Crippen LogP contribution in [0.25, 0.3) is 11.3 Å². The van der Waals surface area contributed by atoms with Gasteiger partial charge in [-0.25, -0.2) is 19.8 Å². The van der Waals surface area contributed by atoms with E-state index in [1.165, 1.54) is 0 Å². The molecule has 2 heterocycles. The second kappa shape index (κ2) is 5.17. The maximum atomic E-state index is 11.0. The number of aromatic carboxylic acids is 1. The summed E-state index contributed by atoms with van der Waals surface area (Å²) >= 11 is 0. The van der Waals surface area contributed by atoms with Gasteiger partial charge >= 0.3 is 5.97 Å². The Balaban J connectivity index is 1.98. The molecule has 2 N–H and O–H groups in total. The molecular weight excluding hydrogens is 272 g/mol. The first-order chi connectivity index (χ1) is 10.1. The summed E-state index contributed by atoms with van der Waals surface area (Å²) in [6.07, 6.45) is 5.48. The highest BCUT2D eigenvalue weighted by atomic mass is 16.7. The third-order valence-electron chi connectivity index (χ3n) is 3.42. The predicted molar refractivity (Wildman–Crippen MR) is 76.0 cm³/mol. The first kappa shape index (κ1) is 13.6. The van der Waals surface area contributed by atoms with Gasteiger partial charge in [0.2, 0.25) is 0 Å². The summed E-state index contributed by atoms with van der Waals surface area (Å²) in [5.74, 6) is -0.497. The number of H-pyrrole nitrogens is 1. The summed E-state index contributed by atoms with van der Waals surface area (Å²) in [4.78, 5) is 27.8. The molecule has 0 radical (unpaired) electrons. The van der Waals surface area contributed by atoms with Gasteiger partial charge in [0.1, 0.15) is 5.69 Å². The standard InChI is InChI=1S/C14H16N4O3/c1-8-6-16-14(18(21-2)10-3-4-10)17-12(8)9-5-11(13(19)20)15-7-9/h5-7,10,15H,3-4H2,1-2H3,(H,19,20). The predicted octanol–water partition coefficient (Wildman–Crippen LogP) is 2.01. The Hall–Kier alpha value is -2.41. The molecule has 0 bridgehead atoms. The molecule has 7 heteroatoms. The third-order valence-corrected chi connectivity index (χ3v) is 3.42. The van der Waals surface area contributed by atoms with Gasteiger partial charge in [0.25, 0.3) is 5.95 Å². The number of carboxylic acid groups (broad SMARTS) is 1. The fourth-order valence-corrected chi connectivity index (χ4v) is 2.19. The summed E-state index contributed by atoms with van der Waals surface area (Å²) in [7, 11) is 1.60. The monoisotopic (exact) mass is 288 g/mol. The Morgan fingerprint density at radius 2 is 2.29 bits per heavy atom. The highest BCUT2D eigenvalue weighted by Gasteiger charge is 2.32. The van der Waals surface area contributed by atoms with Crippen LogP contribution < -0.4 is 5.06 Å². The van der Waals surface area contributed by atoms with E-state index in [9.17, 15) is 4.79 Å². The van der Waals surface area contributed by atoms with Crippen molar-refractivity contribution in [3.05, 3.63) is 29.7 Å². The lowest BCUT2D eigenvalue weighted by atomic mass is 10.1. The number of anilines is 1. The SMILES string of the molecule is CON(c1ncc(C)c(-c2c[nH]c(C(=O)O)c2)n1)C1CC1. The number of aryl methyl sites for hydroxylation is 1. The molecule has 1 aliphatic rings. The highest BCUT2D eigenvalue weighted by molar-refractivity contribution is 5.87. The maximum Gasteiger partial charge on any atom is 0.352 e. The largest absolute Gasteiger partial charge is 0.477 e. The number of aromatic nitrogens is 3. The number of rotatable bonds is 5. The minimum absolute atomic E-state index is 0.135. The second-order valence-corrected chi connectivity index (χ2v) is 5.05. The molecular formula is C14H16N4O3. The summed E-state index contributed by atoms with van der Waals surface area (Å²) < 4.78 is 0. The Kier molecular flexibility index (Phi) is 3.34. The minimum atomic E-state index is -0.996. The summed E-state index contributed by atoms with van der Waals surface area (Å²) in [5, 5.41) is 10.7. The van der Waals surface area contributed by atoms with E-state index in [2.05, 4.69) is 15.0 Å².